The molecule has 3 heteroatoms. The quantitative estimate of drug-likeness (QED) is 0.399. The highest BCUT2D eigenvalue weighted by atomic mass is 14.8. The molecule has 4 aromatic rings. The lowest BCUT2D eigenvalue weighted by Crippen LogP contribution is -1.96. The lowest BCUT2D eigenvalue weighted by molar-refractivity contribution is 0.715. The molecule has 27 heavy (non-hydrogen) atoms. The van der Waals surface area contributed by atoms with Crippen molar-refractivity contribution in [3.05, 3.63) is 78.5 Å². The molecule has 2 aromatic carbocycles. The molecule has 1 atom stereocenters. The van der Waals surface area contributed by atoms with Crippen LogP contribution >= 0.6 is 0 Å². The number of pyridine rings is 1. The van der Waals surface area contributed by atoms with Crippen LogP contribution in [0.2, 0.25) is 0 Å². The molecule has 140 valence electrons. The average Bonchev–Trinajstić information content (AvgIpc) is 2.75. The molecule has 0 fully saturated rings. The fourth-order valence-corrected chi connectivity index (χ4v) is 2.87. The van der Waals surface area contributed by atoms with Gasteiger partial charge >= 0.3 is 0 Å². The molecular weight excluding hydrogens is 330 g/mol. The van der Waals surface area contributed by atoms with E-state index in [9.17, 15) is 0 Å². The first-order valence-electron chi connectivity index (χ1n) is 9.70. The molecule has 0 spiro atoms. The van der Waals surface area contributed by atoms with E-state index >= 15 is 0 Å². The minimum absolute atomic E-state index is 0.543. The number of hydrogen-bond acceptors (Lipinski definition) is 3. The lowest BCUT2D eigenvalue weighted by atomic mass is 9.99. The van der Waals surface area contributed by atoms with Crippen LogP contribution in [0.25, 0.3) is 21.7 Å². The van der Waals surface area contributed by atoms with Crippen LogP contribution in [-0.4, -0.2) is 15.0 Å². The Hall–Kier alpha value is -2.81. The van der Waals surface area contributed by atoms with Crippen LogP contribution in [0.3, 0.4) is 0 Å². The first-order valence-corrected chi connectivity index (χ1v) is 9.70. The Bertz CT molecular complexity index is 968. The maximum Gasteiger partial charge on any atom is 0.116 e. The summed E-state index contributed by atoms with van der Waals surface area (Å²) >= 11 is 0. The van der Waals surface area contributed by atoms with Crippen LogP contribution in [0.15, 0.2) is 67.1 Å². The largest absolute Gasteiger partial charge is 0.260 e. The first-order chi connectivity index (χ1) is 13.2. The molecule has 0 saturated carbocycles. The van der Waals surface area contributed by atoms with Crippen molar-refractivity contribution in [3.8, 4) is 0 Å². The van der Waals surface area contributed by atoms with Crippen LogP contribution in [0.4, 0.5) is 0 Å². The zero-order chi connectivity index (χ0) is 19.6. The van der Waals surface area contributed by atoms with E-state index in [1.807, 2.05) is 51.2 Å². The van der Waals surface area contributed by atoms with Gasteiger partial charge in [-0.1, -0.05) is 70.2 Å². The Morgan fingerprint density at radius 1 is 0.815 bits per heavy atom. The van der Waals surface area contributed by atoms with Gasteiger partial charge in [0, 0.05) is 22.7 Å². The van der Waals surface area contributed by atoms with Crippen molar-refractivity contribution in [2.24, 2.45) is 0 Å². The van der Waals surface area contributed by atoms with E-state index in [0.29, 0.717) is 5.92 Å². The minimum Gasteiger partial charge on any atom is -0.260 e. The standard InChI is InChI=1S/C13H15N.C9H8N2.C2H6/c1-3-10(2)13-12-7-5-4-6-11(12)8-9-14-13;1-7-8-4-2-3-5-9(8)11-6-10-7;1-2/h4-10H,3H2,1-2H3;2-6H,1H3;1-2H3. The molecule has 2 aromatic heterocycles. The third-order valence-electron chi connectivity index (χ3n) is 4.53. The van der Waals surface area contributed by atoms with E-state index in [2.05, 4.69) is 59.1 Å². The van der Waals surface area contributed by atoms with Crippen molar-refractivity contribution in [2.45, 2.75) is 47.0 Å². The number of hydrogen-bond donors (Lipinski definition) is 0. The fourth-order valence-electron chi connectivity index (χ4n) is 2.87. The topological polar surface area (TPSA) is 38.7 Å². The highest BCUT2D eigenvalue weighted by Crippen LogP contribution is 2.24. The molecule has 3 nitrogen and oxygen atoms in total. The van der Waals surface area contributed by atoms with Crippen molar-refractivity contribution in [1.29, 1.82) is 0 Å². The number of nitrogens with zero attached hydrogens (tertiary/aromatic N) is 3. The Kier molecular flexibility index (Phi) is 7.87. The monoisotopic (exact) mass is 359 g/mol. The predicted octanol–water partition coefficient (Wildman–Crippen LogP) is 6.71. The molecule has 0 amide bonds. The second kappa shape index (κ2) is 10.4. The summed E-state index contributed by atoms with van der Waals surface area (Å²) in [5, 5.41) is 3.72. The Balaban J connectivity index is 0.000000181. The lowest BCUT2D eigenvalue weighted by Gasteiger charge is -2.10. The summed E-state index contributed by atoms with van der Waals surface area (Å²) < 4.78 is 0. The molecule has 0 saturated heterocycles. The highest BCUT2D eigenvalue weighted by molar-refractivity contribution is 5.84. The number of aryl methyl sites for hydroxylation is 1. The second-order valence-electron chi connectivity index (χ2n) is 6.20. The van der Waals surface area contributed by atoms with Crippen molar-refractivity contribution < 1.29 is 0 Å². The number of rotatable bonds is 2. The SMILES string of the molecule is CC.CCC(C)c1nccc2ccccc12.Cc1ncnc2ccccc12. The van der Waals surface area contributed by atoms with Gasteiger partial charge in [0.2, 0.25) is 0 Å². The van der Waals surface area contributed by atoms with Crippen LogP contribution in [0.1, 0.15) is 51.4 Å². The van der Waals surface area contributed by atoms with Gasteiger partial charge in [-0.25, -0.2) is 9.97 Å². The summed E-state index contributed by atoms with van der Waals surface area (Å²) in [6.07, 6.45) is 4.64. The van der Waals surface area contributed by atoms with Crippen LogP contribution in [0, 0.1) is 6.92 Å². The van der Waals surface area contributed by atoms with Crippen LogP contribution in [0.5, 0.6) is 0 Å². The van der Waals surface area contributed by atoms with Crippen molar-refractivity contribution in [2.75, 3.05) is 0 Å². The predicted molar refractivity (Wildman–Crippen MR) is 116 cm³/mol. The molecule has 2 heterocycles. The van der Waals surface area contributed by atoms with Gasteiger partial charge < -0.3 is 0 Å². The zero-order valence-electron chi connectivity index (χ0n) is 17.0. The van der Waals surface area contributed by atoms with E-state index in [0.717, 1.165) is 23.0 Å². The minimum atomic E-state index is 0.543. The Labute approximate surface area is 162 Å². The number of fused-ring (bicyclic) bond motifs is 2. The molecule has 0 bridgehead atoms. The van der Waals surface area contributed by atoms with Gasteiger partial charge in [0.15, 0.2) is 0 Å². The fraction of sp³-hybridized carbons (Fsp3) is 0.292. The van der Waals surface area contributed by atoms with E-state index in [4.69, 9.17) is 0 Å². The van der Waals surface area contributed by atoms with Gasteiger partial charge in [0.25, 0.3) is 0 Å². The summed E-state index contributed by atoms with van der Waals surface area (Å²) in [6, 6.07) is 18.5. The van der Waals surface area contributed by atoms with Gasteiger partial charge in [0.1, 0.15) is 6.33 Å². The van der Waals surface area contributed by atoms with Gasteiger partial charge in [-0.15, -0.1) is 0 Å². The molecule has 0 N–H and O–H groups in total. The third-order valence-corrected chi connectivity index (χ3v) is 4.53. The Morgan fingerprint density at radius 2 is 1.48 bits per heavy atom. The molecule has 4 rings (SSSR count). The molecule has 0 aliphatic carbocycles. The van der Waals surface area contributed by atoms with Gasteiger partial charge in [-0.3, -0.25) is 4.98 Å². The van der Waals surface area contributed by atoms with Crippen molar-refractivity contribution >= 4 is 21.7 Å². The summed E-state index contributed by atoms with van der Waals surface area (Å²) in [5.41, 5.74) is 3.28. The van der Waals surface area contributed by atoms with E-state index in [1.165, 1.54) is 16.5 Å². The Morgan fingerprint density at radius 3 is 2.19 bits per heavy atom. The van der Waals surface area contributed by atoms with E-state index in [1.54, 1.807) is 6.33 Å². The zero-order valence-corrected chi connectivity index (χ0v) is 17.0. The summed E-state index contributed by atoms with van der Waals surface area (Å²) in [4.78, 5) is 12.7. The average molecular weight is 360 g/mol. The van der Waals surface area contributed by atoms with Gasteiger partial charge in [0.05, 0.1) is 11.2 Å². The maximum atomic E-state index is 4.48. The summed E-state index contributed by atoms with van der Waals surface area (Å²) in [5.74, 6) is 0.543. The van der Waals surface area contributed by atoms with E-state index in [-0.39, 0.29) is 0 Å². The van der Waals surface area contributed by atoms with Crippen molar-refractivity contribution in [1.82, 2.24) is 15.0 Å². The normalized spacial score (nSPS) is 11.1. The molecule has 0 radical (unpaired) electrons. The second-order valence-corrected chi connectivity index (χ2v) is 6.20. The van der Waals surface area contributed by atoms with Gasteiger partial charge in [-0.05, 0) is 36.8 Å². The maximum absolute atomic E-state index is 4.48. The van der Waals surface area contributed by atoms with E-state index < -0.39 is 0 Å². The number of para-hydroxylation sites is 1. The number of aromatic nitrogens is 3. The summed E-state index contributed by atoms with van der Waals surface area (Å²) in [6.45, 7) is 10.4. The van der Waals surface area contributed by atoms with Crippen LogP contribution in [-0.2, 0) is 0 Å². The van der Waals surface area contributed by atoms with Crippen molar-refractivity contribution in [3.63, 3.8) is 0 Å². The molecule has 0 aliphatic heterocycles. The number of benzene rings is 2. The molecule has 0 aliphatic rings. The molecular formula is C24H29N3. The summed E-state index contributed by atoms with van der Waals surface area (Å²) in [7, 11) is 0. The smallest absolute Gasteiger partial charge is 0.116 e. The third kappa shape index (κ3) is 5.10. The van der Waals surface area contributed by atoms with Gasteiger partial charge in [-0.2, -0.15) is 0 Å². The highest BCUT2D eigenvalue weighted by Gasteiger charge is 2.07. The first kappa shape index (κ1) is 20.5. The van der Waals surface area contributed by atoms with Crippen LogP contribution < -0.4 is 0 Å². The molecule has 1 unspecified atom stereocenters.